The summed E-state index contributed by atoms with van der Waals surface area (Å²) in [7, 11) is 0. The van der Waals surface area contributed by atoms with E-state index >= 15 is 0 Å². The Morgan fingerprint density at radius 1 is 0.956 bits per heavy atom. The second-order valence-corrected chi connectivity index (χ2v) is 12.0. The van der Waals surface area contributed by atoms with Crippen molar-refractivity contribution in [1.29, 1.82) is 0 Å². The number of nitrogens with one attached hydrogen (secondary N) is 2. The molecule has 0 unspecified atom stereocenters. The van der Waals surface area contributed by atoms with E-state index in [9.17, 15) is 19.2 Å². The molecule has 0 spiro atoms. The maximum atomic E-state index is 13.5. The Morgan fingerprint density at radius 3 is 2.53 bits per heavy atom. The zero-order valence-electron chi connectivity index (χ0n) is 25.3. The normalized spacial score (nSPS) is 15.3. The summed E-state index contributed by atoms with van der Waals surface area (Å²) < 4.78 is 5.50. The van der Waals surface area contributed by atoms with Gasteiger partial charge in [0, 0.05) is 48.9 Å². The van der Waals surface area contributed by atoms with E-state index in [2.05, 4.69) is 10.6 Å². The van der Waals surface area contributed by atoms with Crippen LogP contribution in [0.15, 0.2) is 60.7 Å². The maximum absolute atomic E-state index is 13.5. The highest BCUT2D eigenvalue weighted by atomic mass is 16.5. The average molecular weight is 610 g/mol. The molecular formula is C35H39N5O5. The Morgan fingerprint density at radius 2 is 1.76 bits per heavy atom. The molecule has 4 amide bonds. The van der Waals surface area contributed by atoms with Crippen LogP contribution in [0.5, 0.6) is 5.75 Å². The van der Waals surface area contributed by atoms with Crippen LogP contribution < -0.4 is 21.1 Å². The molecule has 3 aromatic carbocycles. The lowest BCUT2D eigenvalue weighted by Gasteiger charge is -2.29. The molecule has 45 heavy (non-hydrogen) atoms. The van der Waals surface area contributed by atoms with Gasteiger partial charge in [0.25, 0.3) is 17.7 Å². The summed E-state index contributed by atoms with van der Waals surface area (Å²) in [6.45, 7) is 2.27. The molecule has 234 valence electrons. The van der Waals surface area contributed by atoms with Crippen LogP contribution in [0.2, 0.25) is 0 Å². The molecule has 0 bridgehead atoms. The molecule has 0 atom stereocenters. The van der Waals surface area contributed by atoms with Gasteiger partial charge in [-0.15, -0.1) is 0 Å². The molecule has 4 N–H and O–H groups in total. The molecule has 2 aliphatic heterocycles. The number of unbranched alkanes of at least 4 members (excludes halogenated alkanes) is 2. The fraction of sp³-hybridized carbons (Fsp3) is 0.371. The predicted molar refractivity (Wildman–Crippen MR) is 171 cm³/mol. The number of rotatable bonds is 11. The number of ether oxygens (including phenoxy) is 1. The standard InChI is InChI=1S/C35H39N5O5/c36-16-3-1-2-4-33(42)39-17-15-24-9-11-28(18-27(24)21-39)37-34(43)25-7-5-23(6-8-25)20-40(29-12-13-29)35(44)26-10-14-30-31(19-26)45-22-32(41)38-30/h5-11,14,18-19,29H,1-4,12-13,15-17,20-22,36H2,(H,37,43)(H,38,41). The first-order valence-corrected chi connectivity index (χ1v) is 15.8. The van der Waals surface area contributed by atoms with Crippen LogP contribution in [0.4, 0.5) is 11.4 Å². The van der Waals surface area contributed by atoms with Gasteiger partial charge in [0.05, 0.1) is 5.69 Å². The molecule has 1 saturated carbocycles. The van der Waals surface area contributed by atoms with E-state index in [-0.39, 0.29) is 36.3 Å². The van der Waals surface area contributed by atoms with Gasteiger partial charge in [-0.3, -0.25) is 19.2 Å². The van der Waals surface area contributed by atoms with E-state index in [1.165, 1.54) is 5.56 Å². The fourth-order valence-corrected chi connectivity index (χ4v) is 5.89. The van der Waals surface area contributed by atoms with Crippen LogP contribution in [-0.4, -0.2) is 59.2 Å². The summed E-state index contributed by atoms with van der Waals surface area (Å²) in [5.74, 6) is 0.125. The first-order valence-electron chi connectivity index (χ1n) is 15.8. The lowest BCUT2D eigenvalue weighted by Crippen LogP contribution is -2.35. The summed E-state index contributed by atoms with van der Waals surface area (Å²) in [5.41, 5.74) is 11.0. The Labute approximate surface area is 262 Å². The number of benzene rings is 3. The summed E-state index contributed by atoms with van der Waals surface area (Å²) in [6, 6.07) is 18.5. The van der Waals surface area contributed by atoms with Crippen molar-refractivity contribution in [3.05, 3.63) is 88.5 Å². The van der Waals surface area contributed by atoms with Crippen molar-refractivity contribution in [3.63, 3.8) is 0 Å². The van der Waals surface area contributed by atoms with Crippen LogP contribution in [0.1, 0.15) is 75.9 Å². The fourth-order valence-electron chi connectivity index (χ4n) is 5.89. The van der Waals surface area contributed by atoms with E-state index in [1.54, 1.807) is 30.3 Å². The van der Waals surface area contributed by atoms with Crippen LogP contribution in [0.25, 0.3) is 0 Å². The Kier molecular flexibility index (Phi) is 9.11. The maximum Gasteiger partial charge on any atom is 0.262 e. The van der Waals surface area contributed by atoms with Crippen molar-refractivity contribution in [1.82, 2.24) is 9.80 Å². The second-order valence-electron chi connectivity index (χ2n) is 12.0. The van der Waals surface area contributed by atoms with Gasteiger partial charge in [-0.05, 0) is 97.8 Å². The molecule has 3 aromatic rings. The number of nitrogens with zero attached hydrogens (tertiary/aromatic N) is 2. The topological polar surface area (TPSA) is 134 Å². The monoisotopic (exact) mass is 609 g/mol. The van der Waals surface area contributed by atoms with Crippen molar-refractivity contribution in [2.75, 3.05) is 30.3 Å². The number of carbonyl (C=O) groups is 4. The van der Waals surface area contributed by atoms with Crippen molar-refractivity contribution < 1.29 is 23.9 Å². The number of fused-ring (bicyclic) bond motifs is 2. The Balaban J connectivity index is 1.06. The van der Waals surface area contributed by atoms with Gasteiger partial charge in [0.1, 0.15) is 5.75 Å². The minimum atomic E-state index is -0.221. The molecule has 2 heterocycles. The smallest absolute Gasteiger partial charge is 0.262 e. The Bertz CT molecular complexity index is 1600. The number of hydrogen-bond donors (Lipinski definition) is 3. The van der Waals surface area contributed by atoms with Crippen LogP contribution >= 0.6 is 0 Å². The highest BCUT2D eigenvalue weighted by Gasteiger charge is 2.33. The van der Waals surface area contributed by atoms with Gasteiger partial charge in [-0.1, -0.05) is 24.6 Å². The summed E-state index contributed by atoms with van der Waals surface area (Å²) >= 11 is 0. The van der Waals surface area contributed by atoms with Gasteiger partial charge in [-0.2, -0.15) is 0 Å². The minimum Gasteiger partial charge on any atom is -0.482 e. The Hall–Kier alpha value is -4.70. The number of amides is 4. The molecule has 6 rings (SSSR count). The predicted octanol–water partition coefficient (Wildman–Crippen LogP) is 4.48. The van der Waals surface area contributed by atoms with Gasteiger partial charge in [0.15, 0.2) is 6.61 Å². The van der Waals surface area contributed by atoms with Crippen molar-refractivity contribution in [2.24, 2.45) is 5.73 Å². The molecule has 1 fully saturated rings. The first-order chi connectivity index (χ1) is 21.9. The van der Waals surface area contributed by atoms with E-state index in [0.29, 0.717) is 60.9 Å². The lowest BCUT2D eigenvalue weighted by molar-refractivity contribution is -0.132. The highest BCUT2D eigenvalue weighted by molar-refractivity contribution is 6.04. The number of carbonyl (C=O) groups excluding carboxylic acids is 4. The highest BCUT2D eigenvalue weighted by Crippen LogP contribution is 2.33. The quantitative estimate of drug-likeness (QED) is 0.275. The third-order valence-corrected chi connectivity index (χ3v) is 8.60. The molecular weight excluding hydrogens is 570 g/mol. The molecule has 10 heteroatoms. The molecule has 10 nitrogen and oxygen atoms in total. The van der Waals surface area contributed by atoms with E-state index < -0.39 is 0 Å². The lowest BCUT2D eigenvalue weighted by atomic mass is 9.98. The van der Waals surface area contributed by atoms with Gasteiger partial charge in [0.2, 0.25) is 5.91 Å². The summed E-state index contributed by atoms with van der Waals surface area (Å²) in [6.07, 6.45) is 6.01. The van der Waals surface area contributed by atoms with Crippen LogP contribution in [-0.2, 0) is 29.1 Å². The SMILES string of the molecule is NCCCCCC(=O)N1CCc2ccc(NC(=O)c3ccc(CN(C(=O)c4ccc5c(c4)OCC(=O)N5)C4CC4)cc3)cc2C1. The van der Waals surface area contributed by atoms with Gasteiger partial charge >= 0.3 is 0 Å². The number of anilines is 2. The van der Waals surface area contributed by atoms with E-state index in [1.807, 2.05) is 40.1 Å². The van der Waals surface area contributed by atoms with Crippen molar-refractivity contribution >= 4 is 35.0 Å². The van der Waals surface area contributed by atoms with Crippen LogP contribution in [0.3, 0.4) is 0 Å². The summed E-state index contributed by atoms with van der Waals surface area (Å²) in [4.78, 5) is 54.7. The molecule has 3 aliphatic rings. The average Bonchev–Trinajstić information content (AvgIpc) is 3.90. The molecule has 0 radical (unpaired) electrons. The largest absolute Gasteiger partial charge is 0.482 e. The minimum absolute atomic E-state index is 0.0702. The van der Waals surface area contributed by atoms with Gasteiger partial charge in [-0.25, -0.2) is 0 Å². The molecule has 0 aromatic heterocycles. The second kappa shape index (κ2) is 13.5. The number of nitrogens with two attached hydrogens (primary N) is 1. The molecule has 1 aliphatic carbocycles. The van der Waals surface area contributed by atoms with E-state index in [0.717, 1.165) is 49.7 Å². The van der Waals surface area contributed by atoms with E-state index in [4.69, 9.17) is 10.5 Å². The molecule has 0 saturated heterocycles. The van der Waals surface area contributed by atoms with Gasteiger partial charge < -0.3 is 30.9 Å². The van der Waals surface area contributed by atoms with Crippen molar-refractivity contribution in [2.45, 2.75) is 64.1 Å². The first kappa shape index (κ1) is 30.3. The zero-order valence-corrected chi connectivity index (χ0v) is 25.3. The number of hydrogen-bond acceptors (Lipinski definition) is 6. The van der Waals surface area contributed by atoms with Crippen LogP contribution in [0, 0.1) is 0 Å². The third-order valence-electron chi connectivity index (χ3n) is 8.60. The van der Waals surface area contributed by atoms with Crippen molar-refractivity contribution in [3.8, 4) is 5.75 Å². The summed E-state index contributed by atoms with van der Waals surface area (Å²) in [5, 5.41) is 5.75. The zero-order chi connectivity index (χ0) is 31.3. The third kappa shape index (κ3) is 7.34.